The van der Waals surface area contributed by atoms with E-state index < -0.39 is 0 Å². The standard InChI is InChI=1S/C25H21N5S/c1-4-20-11-18-6-5-17(13-24(18)29-20)15(2)28-23-9-10-31-25(23)16(3)27-21-7-8-22-19(12-21)14-26-30-22/h4-14,27,29H,1-2H2,3H3,(H,26,30)/b25-16-,28-23-. The van der Waals surface area contributed by atoms with Crippen LogP contribution in [0, 0.1) is 0 Å². The van der Waals surface area contributed by atoms with E-state index in [4.69, 9.17) is 4.99 Å². The van der Waals surface area contributed by atoms with Crippen molar-refractivity contribution in [3.05, 3.63) is 95.2 Å². The summed E-state index contributed by atoms with van der Waals surface area (Å²) in [4.78, 5) is 9.27. The second kappa shape index (κ2) is 7.81. The van der Waals surface area contributed by atoms with Crippen molar-refractivity contribution in [2.24, 2.45) is 4.99 Å². The number of nitrogens with one attached hydrogen (secondary N) is 3. The van der Waals surface area contributed by atoms with Crippen LogP contribution in [0.3, 0.4) is 0 Å². The van der Waals surface area contributed by atoms with Crippen LogP contribution in [-0.4, -0.2) is 20.9 Å². The van der Waals surface area contributed by atoms with E-state index in [0.29, 0.717) is 0 Å². The van der Waals surface area contributed by atoms with Crippen LogP contribution >= 0.6 is 11.8 Å². The molecule has 0 saturated heterocycles. The average Bonchev–Trinajstić information content (AvgIpc) is 3.51. The number of rotatable bonds is 5. The van der Waals surface area contributed by atoms with Gasteiger partial charge in [-0.2, -0.15) is 5.10 Å². The topological polar surface area (TPSA) is 68.9 Å². The van der Waals surface area contributed by atoms with Crippen LogP contribution in [0.5, 0.6) is 0 Å². The Bertz CT molecular complexity index is 1430. The molecule has 0 bridgehead atoms. The Labute approximate surface area is 184 Å². The van der Waals surface area contributed by atoms with Gasteiger partial charge in [0.1, 0.15) is 0 Å². The molecule has 5 nitrogen and oxygen atoms in total. The molecular weight excluding hydrogens is 402 g/mol. The molecule has 31 heavy (non-hydrogen) atoms. The summed E-state index contributed by atoms with van der Waals surface area (Å²) in [5.41, 5.74) is 7.74. The summed E-state index contributed by atoms with van der Waals surface area (Å²) >= 11 is 1.66. The van der Waals surface area contributed by atoms with Crippen molar-refractivity contribution in [2.45, 2.75) is 6.92 Å². The minimum atomic E-state index is 0.726. The fourth-order valence-electron chi connectivity index (χ4n) is 3.61. The third-order valence-corrected chi connectivity index (χ3v) is 6.23. The first-order valence-electron chi connectivity index (χ1n) is 9.88. The second-order valence-corrected chi connectivity index (χ2v) is 8.26. The van der Waals surface area contributed by atoms with E-state index >= 15 is 0 Å². The largest absolute Gasteiger partial charge is 0.358 e. The van der Waals surface area contributed by atoms with E-state index in [1.54, 1.807) is 11.8 Å². The van der Waals surface area contributed by atoms with Gasteiger partial charge in [0, 0.05) is 38.9 Å². The van der Waals surface area contributed by atoms with E-state index in [2.05, 4.69) is 76.3 Å². The lowest BCUT2D eigenvalue weighted by Crippen LogP contribution is -2.03. The molecule has 0 unspecified atom stereocenters. The number of benzene rings is 2. The van der Waals surface area contributed by atoms with Gasteiger partial charge in [0.25, 0.3) is 0 Å². The highest BCUT2D eigenvalue weighted by molar-refractivity contribution is 8.07. The van der Waals surface area contributed by atoms with Gasteiger partial charge in [-0.25, -0.2) is 4.99 Å². The molecule has 1 aliphatic heterocycles. The fourth-order valence-corrected chi connectivity index (χ4v) is 4.41. The smallest absolute Gasteiger partial charge is 0.0798 e. The Hall–Kier alpha value is -3.77. The predicted molar refractivity (Wildman–Crippen MR) is 134 cm³/mol. The normalized spacial score (nSPS) is 16.4. The summed E-state index contributed by atoms with van der Waals surface area (Å²) in [6, 6.07) is 14.4. The van der Waals surface area contributed by atoms with E-state index in [-0.39, 0.29) is 0 Å². The van der Waals surface area contributed by atoms with Crippen molar-refractivity contribution in [1.82, 2.24) is 15.2 Å². The van der Waals surface area contributed by atoms with Crippen LogP contribution in [0.4, 0.5) is 5.69 Å². The lowest BCUT2D eigenvalue weighted by molar-refractivity contribution is 1.12. The molecule has 0 aliphatic carbocycles. The highest BCUT2D eigenvalue weighted by Crippen LogP contribution is 2.32. The minimum absolute atomic E-state index is 0.726. The summed E-state index contributed by atoms with van der Waals surface area (Å²) in [6.07, 6.45) is 5.66. The van der Waals surface area contributed by atoms with Crippen molar-refractivity contribution in [3.63, 3.8) is 0 Å². The molecule has 5 rings (SSSR count). The molecule has 0 spiro atoms. The molecule has 4 aromatic rings. The molecule has 0 atom stereocenters. The van der Waals surface area contributed by atoms with Crippen LogP contribution < -0.4 is 5.32 Å². The molecule has 2 aromatic heterocycles. The zero-order valence-corrected chi connectivity index (χ0v) is 17.9. The van der Waals surface area contributed by atoms with Crippen molar-refractivity contribution in [1.29, 1.82) is 0 Å². The number of anilines is 1. The Kier molecular flexibility index (Phi) is 4.84. The van der Waals surface area contributed by atoms with Gasteiger partial charge in [0.2, 0.25) is 0 Å². The van der Waals surface area contributed by atoms with E-state index in [1.165, 1.54) is 0 Å². The quantitative estimate of drug-likeness (QED) is 0.334. The molecule has 3 N–H and O–H groups in total. The maximum absolute atomic E-state index is 4.83. The lowest BCUT2D eigenvalue weighted by atomic mass is 10.1. The highest BCUT2D eigenvalue weighted by atomic mass is 32.2. The zero-order valence-electron chi connectivity index (χ0n) is 17.1. The first-order chi connectivity index (χ1) is 15.1. The van der Waals surface area contributed by atoms with Gasteiger partial charge in [0.05, 0.1) is 28.0 Å². The van der Waals surface area contributed by atoms with Gasteiger partial charge >= 0.3 is 0 Å². The number of nitrogens with zero attached hydrogens (tertiary/aromatic N) is 2. The Morgan fingerprint density at radius 1 is 1.13 bits per heavy atom. The van der Waals surface area contributed by atoms with E-state index in [0.717, 1.165) is 60.8 Å². The van der Waals surface area contributed by atoms with Gasteiger partial charge < -0.3 is 10.3 Å². The van der Waals surface area contributed by atoms with Gasteiger partial charge in [-0.05, 0) is 54.8 Å². The van der Waals surface area contributed by atoms with Gasteiger partial charge in [-0.15, -0.1) is 0 Å². The molecule has 0 amide bonds. The van der Waals surface area contributed by atoms with Crippen LogP contribution in [0.1, 0.15) is 18.2 Å². The second-order valence-electron chi connectivity index (χ2n) is 7.35. The van der Waals surface area contributed by atoms with E-state index in [9.17, 15) is 0 Å². The first-order valence-corrected chi connectivity index (χ1v) is 10.8. The number of hydrogen-bond donors (Lipinski definition) is 3. The van der Waals surface area contributed by atoms with Crippen LogP contribution in [0.25, 0.3) is 33.6 Å². The van der Waals surface area contributed by atoms with Gasteiger partial charge in [0.15, 0.2) is 0 Å². The number of thioether (sulfide) groups is 1. The highest BCUT2D eigenvalue weighted by Gasteiger charge is 2.15. The Balaban J connectivity index is 1.42. The zero-order chi connectivity index (χ0) is 21.4. The molecule has 1 aliphatic rings. The fraction of sp³-hybridized carbons (Fsp3) is 0.0400. The summed E-state index contributed by atoms with van der Waals surface area (Å²) in [7, 11) is 0. The van der Waals surface area contributed by atoms with Gasteiger partial charge in [-0.1, -0.05) is 37.1 Å². The monoisotopic (exact) mass is 423 g/mol. The number of aromatic amines is 2. The number of allylic oxidation sites excluding steroid dienone is 3. The van der Waals surface area contributed by atoms with Crippen LogP contribution in [-0.2, 0) is 0 Å². The van der Waals surface area contributed by atoms with Gasteiger partial charge in [-0.3, -0.25) is 5.10 Å². The number of H-pyrrole nitrogens is 2. The van der Waals surface area contributed by atoms with Crippen molar-refractivity contribution < 1.29 is 0 Å². The molecule has 6 heteroatoms. The summed E-state index contributed by atoms with van der Waals surface area (Å²) in [5.74, 6) is 0. The third kappa shape index (κ3) is 3.73. The number of aliphatic imine (C=N–C) groups is 1. The maximum atomic E-state index is 4.83. The number of hydrogen-bond acceptors (Lipinski definition) is 4. The van der Waals surface area contributed by atoms with Crippen LogP contribution in [0.2, 0.25) is 0 Å². The van der Waals surface area contributed by atoms with Crippen molar-refractivity contribution in [3.8, 4) is 0 Å². The molecule has 0 saturated carbocycles. The minimum Gasteiger partial charge on any atom is -0.358 e. The number of aromatic nitrogens is 3. The molecule has 3 heterocycles. The Morgan fingerprint density at radius 2 is 2.03 bits per heavy atom. The molecule has 0 fully saturated rings. The van der Waals surface area contributed by atoms with Crippen molar-refractivity contribution in [2.75, 3.05) is 5.32 Å². The summed E-state index contributed by atoms with van der Waals surface area (Å²) in [6.45, 7) is 10.1. The Morgan fingerprint density at radius 3 is 2.90 bits per heavy atom. The molecule has 152 valence electrons. The average molecular weight is 424 g/mol. The molecule has 0 radical (unpaired) electrons. The molecular formula is C25H21N5S. The lowest BCUT2D eigenvalue weighted by Gasteiger charge is -2.11. The van der Waals surface area contributed by atoms with E-state index in [1.807, 2.05) is 30.5 Å². The summed E-state index contributed by atoms with van der Waals surface area (Å²) in [5, 5.41) is 14.8. The molecule has 2 aromatic carbocycles. The third-order valence-electron chi connectivity index (χ3n) is 5.21. The number of fused-ring (bicyclic) bond motifs is 2. The predicted octanol–water partition coefficient (Wildman–Crippen LogP) is 6.70. The SMILES string of the molecule is C=Cc1cc2ccc(C(=C)/N=C3/C=CS/C3=C(/C)Nc3ccc4[nH]ncc4c3)cc2[nH]1. The first kappa shape index (κ1) is 19.2. The summed E-state index contributed by atoms with van der Waals surface area (Å²) < 4.78 is 0. The van der Waals surface area contributed by atoms with Crippen molar-refractivity contribution >= 4 is 56.7 Å². The maximum Gasteiger partial charge on any atom is 0.0798 e. The van der Waals surface area contributed by atoms with Crippen LogP contribution in [0.15, 0.2) is 88.9 Å².